The maximum absolute atomic E-state index is 13.7. The van der Waals surface area contributed by atoms with Crippen molar-refractivity contribution in [3.8, 4) is 5.75 Å². The fourth-order valence-corrected chi connectivity index (χ4v) is 3.01. The molecule has 1 aliphatic rings. The van der Waals surface area contributed by atoms with Gasteiger partial charge in [-0.25, -0.2) is 8.78 Å². The zero-order chi connectivity index (χ0) is 16.4. The number of aromatic nitrogens is 2. The van der Waals surface area contributed by atoms with Gasteiger partial charge in [-0.2, -0.15) is 0 Å². The predicted octanol–water partition coefficient (Wildman–Crippen LogP) is 3.79. The molecule has 122 valence electrons. The molecule has 1 saturated heterocycles. The van der Waals surface area contributed by atoms with E-state index in [2.05, 4.69) is 15.3 Å². The summed E-state index contributed by atoms with van der Waals surface area (Å²) >= 11 is 11.8. The van der Waals surface area contributed by atoms with Crippen LogP contribution >= 0.6 is 23.2 Å². The number of hydrogen-bond donors (Lipinski definition) is 1. The van der Waals surface area contributed by atoms with Gasteiger partial charge in [0.1, 0.15) is 27.8 Å². The van der Waals surface area contributed by atoms with Crippen LogP contribution in [0.25, 0.3) is 0 Å². The summed E-state index contributed by atoms with van der Waals surface area (Å²) in [4.78, 5) is 8.26. The molecule has 3 rings (SSSR count). The van der Waals surface area contributed by atoms with Gasteiger partial charge in [-0.1, -0.05) is 23.2 Å². The van der Waals surface area contributed by atoms with Gasteiger partial charge in [0.25, 0.3) is 0 Å². The first kappa shape index (κ1) is 16.4. The summed E-state index contributed by atoms with van der Waals surface area (Å²) in [6.07, 6.45) is 4.89. The monoisotopic (exact) mass is 359 g/mol. The van der Waals surface area contributed by atoms with E-state index < -0.39 is 17.7 Å². The van der Waals surface area contributed by atoms with Gasteiger partial charge in [0.15, 0.2) is 5.75 Å². The normalized spacial score (nSPS) is 18.9. The van der Waals surface area contributed by atoms with Crippen LogP contribution in [-0.4, -0.2) is 23.1 Å². The van der Waals surface area contributed by atoms with Crippen molar-refractivity contribution in [1.29, 1.82) is 0 Å². The quantitative estimate of drug-likeness (QED) is 0.843. The molecule has 8 heteroatoms. The van der Waals surface area contributed by atoms with E-state index in [4.69, 9.17) is 27.9 Å². The van der Waals surface area contributed by atoms with Gasteiger partial charge in [0, 0.05) is 30.9 Å². The molecule has 1 aliphatic heterocycles. The van der Waals surface area contributed by atoms with Crippen molar-refractivity contribution >= 4 is 23.2 Å². The lowest BCUT2D eigenvalue weighted by atomic mass is 9.99. The van der Waals surface area contributed by atoms with E-state index in [9.17, 15) is 8.78 Å². The molecule has 2 aromatic rings. The third-order valence-corrected chi connectivity index (χ3v) is 4.42. The molecule has 1 aromatic heterocycles. The molecule has 1 N–H and O–H groups in total. The highest BCUT2D eigenvalue weighted by Gasteiger charge is 2.31. The van der Waals surface area contributed by atoms with Crippen molar-refractivity contribution in [2.75, 3.05) is 13.1 Å². The molecule has 2 atom stereocenters. The van der Waals surface area contributed by atoms with Crippen LogP contribution in [0.15, 0.2) is 24.7 Å². The molecule has 1 unspecified atom stereocenters. The lowest BCUT2D eigenvalue weighted by Crippen LogP contribution is -2.23. The summed E-state index contributed by atoms with van der Waals surface area (Å²) in [6, 6.07) is 0.631. The highest BCUT2D eigenvalue weighted by molar-refractivity contribution is 6.37. The summed E-state index contributed by atoms with van der Waals surface area (Å²) in [5, 5.41) is 2.52. The van der Waals surface area contributed by atoms with Crippen molar-refractivity contribution < 1.29 is 13.5 Å². The third-order valence-electron chi connectivity index (χ3n) is 3.72. The predicted molar refractivity (Wildman–Crippen MR) is 82.8 cm³/mol. The number of halogens is 4. The molecule has 0 radical (unpaired) electrons. The van der Waals surface area contributed by atoms with Gasteiger partial charge in [-0.05, 0) is 13.0 Å². The van der Waals surface area contributed by atoms with Crippen LogP contribution in [0.2, 0.25) is 10.0 Å². The van der Waals surface area contributed by atoms with E-state index in [1.165, 1.54) is 12.4 Å². The Morgan fingerprint density at radius 1 is 1.22 bits per heavy atom. The average molecular weight is 360 g/mol. The molecule has 0 aliphatic carbocycles. The van der Waals surface area contributed by atoms with Crippen LogP contribution in [0.1, 0.15) is 18.2 Å². The standard InChI is InChI=1S/C15H13Cl2F2N3O/c16-12-9(18)5-10(19)13(17)15(12)23-14(8-1-2-20-6-8)11-7-21-3-4-22-11/h3-5,7-8,14,20H,1-2,6H2/t8?,14-/m0/s1. The number of ether oxygens (including phenoxy) is 1. The first-order valence-electron chi connectivity index (χ1n) is 7.04. The Hall–Kier alpha value is -1.50. The second-order valence-electron chi connectivity index (χ2n) is 5.22. The Morgan fingerprint density at radius 3 is 2.52 bits per heavy atom. The van der Waals surface area contributed by atoms with E-state index in [0.29, 0.717) is 18.3 Å². The SMILES string of the molecule is Fc1cc(F)c(Cl)c(O[C@H](c2cnccn2)C2CCNC2)c1Cl. The van der Waals surface area contributed by atoms with E-state index >= 15 is 0 Å². The number of rotatable bonds is 4. The fraction of sp³-hybridized carbons (Fsp3) is 0.333. The molecule has 1 aromatic carbocycles. The van der Waals surface area contributed by atoms with Gasteiger partial charge in [0.2, 0.25) is 0 Å². The van der Waals surface area contributed by atoms with Gasteiger partial charge in [0.05, 0.1) is 11.9 Å². The zero-order valence-corrected chi connectivity index (χ0v) is 13.4. The highest BCUT2D eigenvalue weighted by Crippen LogP contribution is 2.41. The van der Waals surface area contributed by atoms with E-state index in [0.717, 1.165) is 13.0 Å². The van der Waals surface area contributed by atoms with Crippen LogP contribution < -0.4 is 10.1 Å². The van der Waals surface area contributed by atoms with Crippen molar-refractivity contribution in [2.24, 2.45) is 5.92 Å². The van der Waals surface area contributed by atoms with Crippen LogP contribution in [0.4, 0.5) is 8.78 Å². The molecule has 0 saturated carbocycles. The van der Waals surface area contributed by atoms with Gasteiger partial charge < -0.3 is 10.1 Å². The minimum atomic E-state index is -0.925. The number of hydrogen-bond acceptors (Lipinski definition) is 4. The van der Waals surface area contributed by atoms with Crippen LogP contribution in [-0.2, 0) is 0 Å². The Labute approximate surface area is 141 Å². The van der Waals surface area contributed by atoms with Gasteiger partial charge >= 0.3 is 0 Å². The number of nitrogens with one attached hydrogen (secondary N) is 1. The first-order valence-corrected chi connectivity index (χ1v) is 7.79. The van der Waals surface area contributed by atoms with Crippen LogP contribution in [0, 0.1) is 17.6 Å². The number of benzene rings is 1. The lowest BCUT2D eigenvalue weighted by Gasteiger charge is -2.24. The summed E-state index contributed by atoms with van der Waals surface area (Å²) < 4.78 is 33.2. The average Bonchev–Trinajstić information content (AvgIpc) is 3.08. The van der Waals surface area contributed by atoms with Gasteiger partial charge in [-0.3, -0.25) is 9.97 Å². The molecule has 0 amide bonds. The van der Waals surface area contributed by atoms with Crippen LogP contribution in [0.3, 0.4) is 0 Å². The molecule has 1 fully saturated rings. The Morgan fingerprint density at radius 2 is 1.96 bits per heavy atom. The van der Waals surface area contributed by atoms with E-state index in [1.54, 1.807) is 6.20 Å². The van der Waals surface area contributed by atoms with Crippen molar-refractivity contribution in [1.82, 2.24) is 15.3 Å². The topological polar surface area (TPSA) is 47.0 Å². The maximum Gasteiger partial charge on any atom is 0.163 e. The van der Waals surface area contributed by atoms with E-state index in [1.807, 2.05) is 0 Å². The zero-order valence-electron chi connectivity index (χ0n) is 11.9. The summed E-state index contributed by atoms with van der Waals surface area (Å²) in [5.74, 6) is -2.00. The second-order valence-corrected chi connectivity index (χ2v) is 5.97. The van der Waals surface area contributed by atoms with Crippen molar-refractivity contribution in [2.45, 2.75) is 12.5 Å². The van der Waals surface area contributed by atoms with Gasteiger partial charge in [-0.15, -0.1) is 0 Å². The van der Waals surface area contributed by atoms with Crippen molar-refractivity contribution in [3.05, 3.63) is 52.0 Å². The molecular formula is C15H13Cl2F2N3O. The largest absolute Gasteiger partial charge is 0.480 e. The lowest BCUT2D eigenvalue weighted by molar-refractivity contribution is 0.139. The summed E-state index contributed by atoms with van der Waals surface area (Å²) in [7, 11) is 0. The molecule has 0 bridgehead atoms. The molecule has 2 heterocycles. The van der Waals surface area contributed by atoms with Crippen molar-refractivity contribution in [3.63, 3.8) is 0 Å². The van der Waals surface area contributed by atoms with Crippen LogP contribution in [0.5, 0.6) is 5.75 Å². The molecule has 0 spiro atoms. The Bertz CT molecular complexity index is 671. The second kappa shape index (κ2) is 6.95. The molecular weight excluding hydrogens is 347 g/mol. The molecule has 23 heavy (non-hydrogen) atoms. The summed E-state index contributed by atoms with van der Waals surface area (Å²) in [6.45, 7) is 1.51. The number of nitrogens with zero attached hydrogens (tertiary/aromatic N) is 2. The highest BCUT2D eigenvalue weighted by atomic mass is 35.5. The maximum atomic E-state index is 13.7. The summed E-state index contributed by atoms with van der Waals surface area (Å²) in [5.41, 5.74) is 0.554. The third kappa shape index (κ3) is 3.39. The van der Waals surface area contributed by atoms with E-state index in [-0.39, 0.29) is 21.7 Å². The smallest absolute Gasteiger partial charge is 0.163 e. The fourth-order valence-electron chi connectivity index (χ4n) is 2.57. The minimum absolute atomic E-state index is 0.0603. The Kier molecular flexibility index (Phi) is 4.94. The minimum Gasteiger partial charge on any atom is -0.480 e. The molecule has 4 nitrogen and oxygen atoms in total. The Balaban J connectivity index is 1.99. The first-order chi connectivity index (χ1) is 11.1.